The number of aliphatic hydroxyl groups excluding tert-OH is 1. The van der Waals surface area contributed by atoms with Gasteiger partial charge in [-0.05, 0) is 46.2 Å². The van der Waals surface area contributed by atoms with Crippen LogP contribution in [-0.2, 0) is 0 Å². The molecular weight excluding hydrogens is 254 g/mol. The molecule has 0 saturated carbocycles. The van der Waals surface area contributed by atoms with Crippen LogP contribution in [0.1, 0.15) is 48.2 Å². The van der Waals surface area contributed by atoms with Crippen molar-refractivity contribution in [3.63, 3.8) is 0 Å². The topological polar surface area (TPSA) is 55.5 Å². The van der Waals surface area contributed by atoms with Crippen molar-refractivity contribution >= 4 is 0 Å². The Labute approximate surface area is 119 Å². The van der Waals surface area contributed by atoms with Gasteiger partial charge < -0.3 is 14.3 Å². The largest absolute Gasteiger partial charge is 0.489 e. The highest BCUT2D eigenvalue weighted by Crippen LogP contribution is 2.32. The second kappa shape index (κ2) is 5.67. The molecule has 1 unspecified atom stereocenters. The molecule has 0 aliphatic carbocycles. The van der Waals surface area contributed by atoms with E-state index in [1.807, 2.05) is 40.7 Å². The number of ether oxygens (including phenoxy) is 1. The zero-order valence-corrected chi connectivity index (χ0v) is 12.6. The van der Waals surface area contributed by atoms with Crippen molar-refractivity contribution in [3.05, 3.63) is 46.7 Å². The van der Waals surface area contributed by atoms with E-state index in [2.05, 4.69) is 4.98 Å². The lowest BCUT2D eigenvalue weighted by Crippen LogP contribution is -2.07. The zero-order chi connectivity index (χ0) is 14.9. The third-order valence-electron chi connectivity index (χ3n) is 3.31. The molecule has 0 bridgehead atoms. The van der Waals surface area contributed by atoms with E-state index in [0.717, 1.165) is 22.6 Å². The summed E-state index contributed by atoms with van der Waals surface area (Å²) in [4.78, 5) is 4.13. The summed E-state index contributed by atoms with van der Waals surface area (Å²) in [5, 5.41) is 10.6. The first kappa shape index (κ1) is 14.6. The molecule has 0 radical (unpaired) electrons. The summed E-state index contributed by atoms with van der Waals surface area (Å²) < 4.78 is 11.2. The molecule has 4 nitrogen and oxygen atoms in total. The second-order valence-corrected chi connectivity index (χ2v) is 5.28. The molecule has 0 aliphatic rings. The molecular formula is C16H21NO3. The van der Waals surface area contributed by atoms with Crippen LogP contribution in [0, 0.1) is 20.8 Å². The maximum atomic E-state index is 10.6. The Morgan fingerprint density at radius 1 is 1.15 bits per heavy atom. The number of furan rings is 1. The van der Waals surface area contributed by atoms with Gasteiger partial charge in [0.05, 0.1) is 12.3 Å². The SMILES string of the molecule is Cc1oc(C)c(C(O)c2cncc(OC(C)C)c2)c1C. The summed E-state index contributed by atoms with van der Waals surface area (Å²) in [6, 6.07) is 1.82. The fourth-order valence-corrected chi connectivity index (χ4v) is 2.30. The van der Waals surface area contributed by atoms with Crippen LogP contribution in [0.3, 0.4) is 0 Å². The van der Waals surface area contributed by atoms with E-state index in [9.17, 15) is 5.11 Å². The number of aliphatic hydroxyl groups is 1. The van der Waals surface area contributed by atoms with E-state index < -0.39 is 6.10 Å². The van der Waals surface area contributed by atoms with Crippen LogP contribution >= 0.6 is 0 Å². The van der Waals surface area contributed by atoms with Gasteiger partial charge in [0.25, 0.3) is 0 Å². The molecule has 1 N–H and O–H groups in total. The van der Waals surface area contributed by atoms with Gasteiger partial charge in [-0.15, -0.1) is 0 Å². The first-order valence-corrected chi connectivity index (χ1v) is 6.76. The summed E-state index contributed by atoms with van der Waals surface area (Å²) in [5.74, 6) is 2.23. The molecule has 2 heterocycles. The number of nitrogens with zero attached hydrogens (tertiary/aromatic N) is 1. The van der Waals surface area contributed by atoms with Crippen molar-refractivity contribution in [2.45, 2.75) is 46.8 Å². The minimum absolute atomic E-state index is 0.0730. The number of hydrogen-bond donors (Lipinski definition) is 1. The van der Waals surface area contributed by atoms with E-state index in [1.54, 1.807) is 12.4 Å². The highest BCUT2D eigenvalue weighted by Gasteiger charge is 2.21. The first-order valence-electron chi connectivity index (χ1n) is 6.76. The van der Waals surface area contributed by atoms with Crippen LogP contribution in [0.5, 0.6) is 5.75 Å². The molecule has 0 fully saturated rings. The fraction of sp³-hybridized carbons (Fsp3) is 0.438. The lowest BCUT2D eigenvalue weighted by molar-refractivity contribution is 0.213. The normalized spacial score (nSPS) is 12.8. The van der Waals surface area contributed by atoms with Gasteiger partial charge in [0.15, 0.2) is 0 Å². The first-order chi connectivity index (χ1) is 9.40. The summed E-state index contributed by atoms with van der Waals surface area (Å²) in [6.45, 7) is 9.62. The molecule has 2 rings (SSSR count). The second-order valence-electron chi connectivity index (χ2n) is 5.28. The summed E-state index contributed by atoms with van der Waals surface area (Å²) >= 11 is 0. The third-order valence-corrected chi connectivity index (χ3v) is 3.31. The Kier molecular flexibility index (Phi) is 4.14. The number of hydrogen-bond acceptors (Lipinski definition) is 4. The van der Waals surface area contributed by atoms with Crippen molar-refractivity contribution in [1.29, 1.82) is 0 Å². The van der Waals surface area contributed by atoms with E-state index in [4.69, 9.17) is 9.15 Å². The van der Waals surface area contributed by atoms with Crippen LogP contribution < -0.4 is 4.74 Å². The van der Waals surface area contributed by atoms with Gasteiger partial charge >= 0.3 is 0 Å². The van der Waals surface area contributed by atoms with Crippen LogP contribution in [0.25, 0.3) is 0 Å². The lowest BCUT2D eigenvalue weighted by Gasteiger charge is -2.14. The van der Waals surface area contributed by atoms with Gasteiger partial charge in [-0.3, -0.25) is 4.98 Å². The molecule has 2 aromatic heterocycles. The maximum absolute atomic E-state index is 10.6. The number of rotatable bonds is 4. The summed E-state index contributed by atoms with van der Waals surface area (Å²) in [6.07, 6.45) is 2.62. The van der Waals surface area contributed by atoms with Gasteiger partial charge in [-0.2, -0.15) is 0 Å². The predicted molar refractivity (Wildman–Crippen MR) is 77.0 cm³/mol. The predicted octanol–water partition coefficient (Wildman–Crippen LogP) is 3.47. The molecule has 2 aromatic rings. The average Bonchev–Trinajstić information content (AvgIpc) is 2.62. The van der Waals surface area contributed by atoms with E-state index in [-0.39, 0.29) is 6.10 Å². The van der Waals surface area contributed by atoms with Crippen LogP contribution in [0.4, 0.5) is 0 Å². The lowest BCUT2D eigenvalue weighted by atomic mass is 9.99. The molecule has 0 aliphatic heterocycles. The molecule has 4 heteroatoms. The van der Waals surface area contributed by atoms with Gasteiger partial charge in [-0.1, -0.05) is 0 Å². The van der Waals surface area contributed by atoms with Crippen LogP contribution in [0.15, 0.2) is 22.9 Å². The Morgan fingerprint density at radius 3 is 2.40 bits per heavy atom. The van der Waals surface area contributed by atoms with Crippen molar-refractivity contribution in [1.82, 2.24) is 4.98 Å². The maximum Gasteiger partial charge on any atom is 0.138 e. The Bertz CT molecular complexity index is 602. The van der Waals surface area contributed by atoms with E-state index in [0.29, 0.717) is 11.3 Å². The van der Waals surface area contributed by atoms with Crippen molar-refractivity contribution < 1.29 is 14.3 Å². The Morgan fingerprint density at radius 2 is 1.85 bits per heavy atom. The number of aryl methyl sites for hydroxylation is 2. The van der Waals surface area contributed by atoms with Crippen LogP contribution in [-0.4, -0.2) is 16.2 Å². The molecule has 20 heavy (non-hydrogen) atoms. The fourth-order valence-electron chi connectivity index (χ4n) is 2.30. The number of pyridine rings is 1. The minimum Gasteiger partial charge on any atom is -0.489 e. The molecule has 0 saturated heterocycles. The Balaban J connectivity index is 2.35. The quantitative estimate of drug-likeness (QED) is 0.928. The third kappa shape index (κ3) is 2.85. The highest BCUT2D eigenvalue weighted by atomic mass is 16.5. The van der Waals surface area contributed by atoms with Crippen molar-refractivity contribution in [2.24, 2.45) is 0 Å². The average molecular weight is 275 g/mol. The Hall–Kier alpha value is -1.81. The molecule has 0 amide bonds. The van der Waals surface area contributed by atoms with Crippen LogP contribution in [0.2, 0.25) is 0 Å². The van der Waals surface area contributed by atoms with E-state index in [1.165, 1.54) is 0 Å². The van der Waals surface area contributed by atoms with Crippen molar-refractivity contribution in [3.8, 4) is 5.75 Å². The molecule has 0 aromatic carbocycles. The van der Waals surface area contributed by atoms with Gasteiger partial charge in [-0.25, -0.2) is 0 Å². The minimum atomic E-state index is -0.754. The highest BCUT2D eigenvalue weighted by molar-refractivity contribution is 5.39. The molecule has 0 spiro atoms. The summed E-state index contributed by atoms with van der Waals surface area (Å²) in [5.41, 5.74) is 2.49. The molecule has 108 valence electrons. The molecule has 1 atom stereocenters. The monoisotopic (exact) mass is 275 g/mol. The zero-order valence-electron chi connectivity index (χ0n) is 12.6. The van der Waals surface area contributed by atoms with Gasteiger partial charge in [0.1, 0.15) is 23.4 Å². The smallest absolute Gasteiger partial charge is 0.138 e. The van der Waals surface area contributed by atoms with E-state index >= 15 is 0 Å². The van der Waals surface area contributed by atoms with Gasteiger partial charge in [0.2, 0.25) is 0 Å². The number of aromatic nitrogens is 1. The standard InChI is InChI=1S/C16H21NO3/c1-9(2)19-14-6-13(7-17-8-14)16(18)15-10(3)11(4)20-12(15)5/h6-9,16,18H,1-5H3. The summed E-state index contributed by atoms with van der Waals surface area (Å²) in [7, 11) is 0. The van der Waals surface area contributed by atoms with Crippen molar-refractivity contribution in [2.75, 3.05) is 0 Å². The van der Waals surface area contributed by atoms with Gasteiger partial charge in [0, 0.05) is 17.3 Å².